The Bertz CT molecular complexity index is 853. The van der Waals surface area contributed by atoms with Crippen LogP contribution in [0.15, 0.2) is 72.9 Å². The van der Waals surface area contributed by atoms with Crippen LogP contribution in [-0.2, 0) is 4.79 Å². The van der Waals surface area contributed by atoms with Gasteiger partial charge in [-0.1, -0.05) is 44.2 Å². The number of hydrogen-bond acceptors (Lipinski definition) is 1. The van der Waals surface area contributed by atoms with Crippen LogP contribution in [0.1, 0.15) is 37.6 Å². The highest BCUT2D eigenvalue weighted by atomic mass is 19.1. The molecule has 0 aliphatic rings. The molecule has 134 valence electrons. The van der Waals surface area contributed by atoms with Crippen molar-refractivity contribution in [3.63, 3.8) is 0 Å². The standard InChI is InChI=1S/C22H23FN2O/c1-16(2)15-21(26)24-22(17-10-12-18(23)13-11-17)20-9-6-14-25(20)19-7-4-3-5-8-19/h3-14,16,22H,15H2,1-2H3,(H,24,26)/t22-/m0/s1. The van der Waals surface area contributed by atoms with E-state index in [0.717, 1.165) is 16.9 Å². The lowest BCUT2D eigenvalue weighted by atomic mass is 10.0. The minimum Gasteiger partial charge on any atom is -0.344 e. The lowest BCUT2D eigenvalue weighted by molar-refractivity contribution is -0.122. The maximum absolute atomic E-state index is 13.4. The number of carbonyl (C=O) groups excluding carboxylic acids is 1. The van der Waals surface area contributed by atoms with Crippen LogP contribution in [0.4, 0.5) is 4.39 Å². The number of rotatable bonds is 6. The number of para-hydroxylation sites is 1. The van der Waals surface area contributed by atoms with E-state index in [1.54, 1.807) is 12.1 Å². The van der Waals surface area contributed by atoms with Gasteiger partial charge in [-0.2, -0.15) is 0 Å². The molecule has 3 nitrogen and oxygen atoms in total. The largest absolute Gasteiger partial charge is 0.344 e. The van der Waals surface area contributed by atoms with Crippen molar-refractivity contribution >= 4 is 5.91 Å². The number of amides is 1. The van der Waals surface area contributed by atoms with Gasteiger partial charge in [-0.15, -0.1) is 0 Å². The molecule has 1 atom stereocenters. The topological polar surface area (TPSA) is 34.0 Å². The van der Waals surface area contributed by atoms with Crippen LogP contribution in [0.3, 0.4) is 0 Å². The Balaban J connectivity index is 2.00. The zero-order valence-corrected chi connectivity index (χ0v) is 15.0. The van der Waals surface area contributed by atoms with Crippen molar-refractivity contribution in [2.24, 2.45) is 5.92 Å². The van der Waals surface area contributed by atoms with E-state index < -0.39 is 0 Å². The van der Waals surface area contributed by atoms with Crippen LogP contribution in [0, 0.1) is 11.7 Å². The van der Waals surface area contributed by atoms with Crippen molar-refractivity contribution in [2.75, 3.05) is 0 Å². The Morgan fingerprint density at radius 2 is 1.69 bits per heavy atom. The lowest BCUT2D eigenvalue weighted by Gasteiger charge is -2.22. The fourth-order valence-corrected chi connectivity index (χ4v) is 3.03. The third kappa shape index (κ3) is 4.20. The zero-order valence-electron chi connectivity index (χ0n) is 15.0. The summed E-state index contributed by atoms with van der Waals surface area (Å²) in [6.07, 6.45) is 2.42. The van der Waals surface area contributed by atoms with Gasteiger partial charge in [-0.3, -0.25) is 4.79 Å². The van der Waals surface area contributed by atoms with Gasteiger partial charge in [0.25, 0.3) is 0 Å². The van der Waals surface area contributed by atoms with Gasteiger partial charge in [0.15, 0.2) is 0 Å². The third-order valence-corrected chi connectivity index (χ3v) is 4.21. The average Bonchev–Trinajstić information content (AvgIpc) is 3.10. The summed E-state index contributed by atoms with van der Waals surface area (Å²) < 4.78 is 15.4. The van der Waals surface area contributed by atoms with E-state index in [4.69, 9.17) is 0 Å². The van der Waals surface area contributed by atoms with Crippen molar-refractivity contribution in [1.82, 2.24) is 9.88 Å². The Labute approximate surface area is 153 Å². The number of benzene rings is 2. The Morgan fingerprint density at radius 1 is 1.00 bits per heavy atom. The second kappa shape index (κ2) is 8.00. The summed E-state index contributed by atoms with van der Waals surface area (Å²) in [6, 6.07) is 19.8. The van der Waals surface area contributed by atoms with Crippen LogP contribution >= 0.6 is 0 Å². The number of nitrogens with zero attached hydrogens (tertiary/aromatic N) is 1. The number of nitrogens with one attached hydrogen (secondary N) is 1. The summed E-state index contributed by atoms with van der Waals surface area (Å²) in [5.74, 6) is -0.0423. The van der Waals surface area contributed by atoms with E-state index in [0.29, 0.717) is 6.42 Å². The van der Waals surface area contributed by atoms with Gasteiger partial charge < -0.3 is 9.88 Å². The molecule has 0 saturated heterocycles. The summed E-state index contributed by atoms with van der Waals surface area (Å²) >= 11 is 0. The normalized spacial score (nSPS) is 12.2. The fourth-order valence-electron chi connectivity index (χ4n) is 3.03. The molecule has 1 aromatic heterocycles. The first-order valence-electron chi connectivity index (χ1n) is 8.82. The monoisotopic (exact) mass is 350 g/mol. The zero-order chi connectivity index (χ0) is 18.5. The minimum atomic E-state index is -0.350. The second-order valence-corrected chi connectivity index (χ2v) is 6.79. The summed E-state index contributed by atoms with van der Waals surface area (Å²) in [6.45, 7) is 4.03. The van der Waals surface area contributed by atoms with E-state index in [1.165, 1.54) is 12.1 Å². The lowest BCUT2D eigenvalue weighted by Crippen LogP contribution is -2.31. The third-order valence-electron chi connectivity index (χ3n) is 4.21. The summed E-state index contributed by atoms with van der Waals surface area (Å²) in [7, 11) is 0. The molecule has 1 amide bonds. The van der Waals surface area contributed by atoms with Gasteiger partial charge in [0.05, 0.1) is 6.04 Å². The van der Waals surface area contributed by atoms with Crippen LogP contribution in [-0.4, -0.2) is 10.5 Å². The van der Waals surface area contributed by atoms with Crippen LogP contribution in [0.25, 0.3) is 5.69 Å². The van der Waals surface area contributed by atoms with Gasteiger partial charge in [-0.05, 0) is 47.9 Å². The smallest absolute Gasteiger partial charge is 0.221 e. The Kier molecular flexibility index (Phi) is 5.52. The second-order valence-electron chi connectivity index (χ2n) is 6.79. The van der Waals surface area contributed by atoms with E-state index in [1.807, 2.05) is 67.1 Å². The molecule has 0 unspecified atom stereocenters. The molecule has 0 saturated carbocycles. The molecule has 26 heavy (non-hydrogen) atoms. The number of aromatic nitrogens is 1. The number of halogens is 1. The molecule has 0 radical (unpaired) electrons. The first-order chi connectivity index (χ1) is 12.5. The van der Waals surface area contributed by atoms with Crippen molar-refractivity contribution in [3.05, 3.63) is 90.0 Å². The molecule has 0 bridgehead atoms. The summed E-state index contributed by atoms with van der Waals surface area (Å²) in [5.41, 5.74) is 2.79. The van der Waals surface area contributed by atoms with Crippen LogP contribution < -0.4 is 5.32 Å². The van der Waals surface area contributed by atoms with Crippen molar-refractivity contribution in [3.8, 4) is 5.69 Å². The molecule has 2 aromatic carbocycles. The van der Waals surface area contributed by atoms with E-state index >= 15 is 0 Å². The van der Waals surface area contributed by atoms with Gasteiger partial charge in [0, 0.05) is 24.0 Å². The maximum atomic E-state index is 13.4. The fraction of sp³-hybridized carbons (Fsp3) is 0.227. The molecule has 0 fully saturated rings. The molecule has 3 rings (SSSR count). The SMILES string of the molecule is CC(C)CC(=O)N[C@@H](c1ccc(F)cc1)c1cccn1-c1ccccc1. The van der Waals surface area contributed by atoms with Crippen molar-refractivity contribution in [2.45, 2.75) is 26.3 Å². The van der Waals surface area contributed by atoms with Crippen molar-refractivity contribution in [1.29, 1.82) is 0 Å². The van der Waals surface area contributed by atoms with Gasteiger partial charge in [-0.25, -0.2) is 4.39 Å². The van der Waals surface area contributed by atoms with Gasteiger partial charge in [0.2, 0.25) is 5.91 Å². The molecule has 0 aliphatic carbocycles. The van der Waals surface area contributed by atoms with Crippen LogP contribution in [0.2, 0.25) is 0 Å². The Morgan fingerprint density at radius 3 is 2.35 bits per heavy atom. The molecule has 1 N–H and O–H groups in total. The molecule has 1 heterocycles. The summed E-state index contributed by atoms with van der Waals surface area (Å²) in [4.78, 5) is 12.5. The molecule has 3 aromatic rings. The Hall–Kier alpha value is -2.88. The van der Waals surface area contributed by atoms with E-state index in [9.17, 15) is 9.18 Å². The molecule has 0 aliphatic heterocycles. The first-order valence-corrected chi connectivity index (χ1v) is 8.82. The highest BCUT2D eigenvalue weighted by Crippen LogP contribution is 2.26. The van der Waals surface area contributed by atoms with Gasteiger partial charge in [0.1, 0.15) is 5.82 Å². The predicted molar refractivity (Wildman–Crippen MR) is 102 cm³/mol. The quantitative estimate of drug-likeness (QED) is 0.676. The molecular formula is C22H23FN2O. The maximum Gasteiger partial charge on any atom is 0.221 e. The summed E-state index contributed by atoms with van der Waals surface area (Å²) in [5, 5.41) is 3.11. The highest BCUT2D eigenvalue weighted by molar-refractivity contribution is 5.77. The number of hydrogen-bond donors (Lipinski definition) is 1. The molecule has 4 heteroatoms. The average molecular weight is 350 g/mol. The van der Waals surface area contributed by atoms with Crippen molar-refractivity contribution < 1.29 is 9.18 Å². The predicted octanol–water partition coefficient (Wildman–Crippen LogP) is 4.87. The van der Waals surface area contributed by atoms with Crippen LogP contribution in [0.5, 0.6) is 0 Å². The van der Waals surface area contributed by atoms with E-state index in [-0.39, 0.29) is 23.7 Å². The first kappa shape index (κ1) is 17.9. The minimum absolute atomic E-state index is 0.0184. The van der Waals surface area contributed by atoms with Gasteiger partial charge >= 0.3 is 0 Å². The molecule has 0 spiro atoms. The van der Waals surface area contributed by atoms with E-state index in [2.05, 4.69) is 5.32 Å². The molecular weight excluding hydrogens is 327 g/mol. The number of carbonyl (C=O) groups is 1. The highest BCUT2D eigenvalue weighted by Gasteiger charge is 2.21.